The largest absolute Gasteiger partial charge is 0.461 e. The number of thioether (sulfide) groups is 1. The van der Waals surface area contributed by atoms with Crippen LogP contribution in [-0.2, 0) is 12.3 Å². The second kappa shape index (κ2) is 7.85. The first-order valence-electron chi connectivity index (χ1n) is 8.16. The van der Waals surface area contributed by atoms with Gasteiger partial charge < -0.3 is 8.83 Å². The molecule has 4 rings (SSSR count). The van der Waals surface area contributed by atoms with Crippen LogP contribution in [0.3, 0.4) is 0 Å². The first-order valence-corrected chi connectivity index (χ1v) is 9.52. The highest BCUT2D eigenvalue weighted by atomic mass is 35.5. The maximum Gasteiger partial charge on any atom is 0.205 e. The van der Waals surface area contributed by atoms with Crippen LogP contribution >= 0.6 is 23.4 Å². The zero-order chi connectivity index (χ0) is 18.6. The molecule has 6 nitrogen and oxygen atoms in total. The van der Waals surface area contributed by atoms with Gasteiger partial charge in [0, 0.05) is 17.1 Å². The Bertz CT molecular complexity index is 1060. The Morgan fingerprint density at radius 3 is 2.89 bits per heavy atom. The van der Waals surface area contributed by atoms with E-state index in [0.29, 0.717) is 40.6 Å². The fourth-order valence-electron chi connectivity index (χ4n) is 2.56. The van der Waals surface area contributed by atoms with Crippen molar-refractivity contribution >= 4 is 23.4 Å². The van der Waals surface area contributed by atoms with Crippen LogP contribution in [0.2, 0.25) is 5.02 Å². The molecule has 0 atom stereocenters. The molecule has 27 heavy (non-hydrogen) atoms. The van der Waals surface area contributed by atoms with Gasteiger partial charge >= 0.3 is 0 Å². The van der Waals surface area contributed by atoms with Crippen LogP contribution in [0.25, 0.3) is 22.9 Å². The van der Waals surface area contributed by atoms with Crippen LogP contribution < -0.4 is 0 Å². The van der Waals surface area contributed by atoms with Gasteiger partial charge in [0.25, 0.3) is 0 Å². The van der Waals surface area contributed by atoms with Gasteiger partial charge in [0.1, 0.15) is 0 Å². The SMILES string of the molecule is C=CCn1c(SCc2ncc(-c3cccc(Cl)c3)o2)nnc1-c1ccco1. The molecule has 0 N–H and O–H groups in total. The first kappa shape index (κ1) is 17.6. The Morgan fingerprint density at radius 1 is 1.19 bits per heavy atom. The summed E-state index contributed by atoms with van der Waals surface area (Å²) in [5, 5.41) is 9.90. The van der Waals surface area contributed by atoms with E-state index in [1.54, 1.807) is 18.5 Å². The summed E-state index contributed by atoms with van der Waals surface area (Å²) in [5.41, 5.74) is 0.890. The van der Waals surface area contributed by atoms with Crippen LogP contribution in [0.4, 0.5) is 0 Å². The van der Waals surface area contributed by atoms with Crippen molar-refractivity contribution in [2.75, 3.05) is 0 Å². The fraction of sp³-hybridized carbons (Fsp3) is 0.105. The average molecular weight is 399 g/mol. The van der Waals surface area contributed by atoms with Crippen LogP contribution in [0, 0.1) is 0 Å². The van der Waals surface area contributed by atoms with Crippen LogP contribution in [0.1, 0.15) is 5.89 Å². The molecule has 0 aliphatic rings. The molecule has 136 valence electrons. The minimum Gasteiger partial charge on any atom is -0.461 e. The summed E-state index contributed by atoms with van der Waals surface area (Å²) in [6.45, 7) is 4.38. The molecule has 3 heterocycles. The molecule has 4 aromatic rings. The molecule has 1 aromatic carbocycles. The molecule has 0 saturated heterocycles. The molecule has 0 bridgehead atoms. The fourth-order valence-corrected chi connectivity index (χ4v) is 3.55. The number of aromatic nitrogens is 4. The van der Waals surface area contributed by atoms with Crippen molar-refractivity contribution in [1.29, 1.82) is 0 Å². The van der Waals surface area contributed by atoms with E-state index in [1.165, 1.54) is 11.8 Å². The lowest BCUT2D eigenvalue weighted by Crippen LogP contribution is -2.00. The molecule has 0 fully saturated rings. The molecule has 0 unspecified atom stereocenters. The Hall–Kier alpha value is -2.77. The predicted molar refractivity (Wildman–Crippen MR) is 104 cm³/mol. The predicted octanol–water partition coefficient (Wildman–Crippen LogP) is 5.32. The van der Waals surface area contributed by atoms with Crippen molar-refractivity contribution in [2.24, 2.45) is 0 Å². The number of nitrogens with zero attached hydrogens (tertiary/aromatic N) is 4. The van der Waals surface area contributed by atoms with E-state index in [0.717, 1.165) is 10.7 Å². The zero-order valence-electron chi connectivity index (χ0n) is 14.2. The van der Waals surface area contributed by atoms with Crippen molar-refractivity contribution in [1.82, 2.24) is 19.7 Å². The summed E-state index contributed by atoms with van der Waals surface area (Å²) < 4.78 is 13.2. The molecular formula is C19H15ClN4O2S. The summed E-state index contributed by atoms with van der Waals surface area (Å²) in [4.78, 5) is 4.34. The molecule has 0 radical (unpaired) electrons. The smallest absolute Gasteiger partial charge is 0.205 e. The minimum absolute atomic E-state index is 0.522. The van der Waals surface area contributed by atoms with Gasteiger partial charge in [-0.3, -0.25) is 4.57 Å². The van der Waals surface area contributed by atoms with Gasteiger partial charge in [-0.1, -0.05) is 41.6 Å². The van der Waals surface area contributed by atoms with Gasteiger partial charge in [-0.15, -0.1) is 16.8 Å². The topological polar surface area (TPSA) is 69.9 Å². The van der Waals surface area contributed by atoms with Crippen LogP contribution in [0.15, 0.2) is 75.5 Å². The molecule has 0 aliphatic heterocycles. The summed E-state index contributed by atoms with van der Waals surface area (Å²) >= 11 is 7.52. The Morgan fingerprint density at radius 2 is 2.11 bits per heavy atom. The highest BCUT2D eigenvalue weighted by Crippen LogP contribution is 2.28. The first-order chi connectivity index (χ1) is 13.2. The van der Waals surface area contributed by atoms with E-state index >= 15 is 0 Å². The molecule has 3 aromatic heterocycles. The standard InChI is InChI=1S/C19H15ClN4O2S/c1-2-8-24-18(15-7-4-9-25-15)22-23-19(24)27-12-17-21-11-16(26-17)13-5-3-6-14(20)10-13/h2-7,9-11H,1,8,12H2. The average Bonchev–Trinajstić information content (AvgIpc) is 3.41. The van der Waals surface area contributed by atoms with Crippen molar-refractivity contribution in [3.63, 3.8) is 0 Å². The van der Waals surface area contributed by atoms with Gasteiger partial charge in [-0.2, -0.15) is 0 Å². The highest BCUT2D eigenvalue weighted by molar-refractivity contribution is 7.98. The molecule has 0 spiro atoms. The summed E-state index contributed by atoms with van der Waals surface area (Å²) in [6.07, 6.45) is 5.10. The Balaban J connectivity index is 1.52. The molecule has 0 aliphatic carbocycles. The minimum atomic E-state index is 0.522. The van der Waals surface area contributed by atoms with Gasteiger partial charge in [-0.05, 0) is 24.3 Å². The second-order valence-electron chi connectivity index (χ2n) is 5.60. The van der Waals surface area contributed by atoms with Gasteiger partial charge in [0.15, 0.2) is 16.7 Å². The third-order valence-electron chi connectivity index (χ3n) is 3.76. The lowest BCUT2D eigenvalue weighted by Gasteiger charge is -2.05. The Kier molecular flexibility index (Phi) is 5.13. The number of hydrogen-bond donors (Lipinski definition) is 0. The lowest BCUT2D eigenvalue weighted by molar-refractivity contribution is 0.529. The maximum atomic E-state index is 6.03. The van der Waals surface area contributed by atoms with E-state index in [4.69, 9.17) is 20.4 Å². The van der Waals surface area contributed by atoms with Crippen molar-refractivity contribution in [3.8, 4) is 22.9 Å². The Labute approximate surface area is 164 Å². The molecule has 0 saturated carbocycles. The molecule has 8 heteroatoms. The summed E-state index contributed by atoms with van der Waals surface area (Å²) in [6, 6.07) is 11.1. The van der Waals surface area contributed by atoms with E-state index in [1.807, 2.05) is 41.0 Å². The summed E-state index contributed by atoms with van der Waals surface area (Å²) in [5.74, 6) is 3.12. The van der Waals surface area contributed by atoms with Crippen molar-refractivity contribution in [2.45, 2.75) is 17.5 Å². The highest BCUT2D eigenvalue weighted by Gasteiger charge is 2.16. The molecular weight excluding hydrogens is 384 g/mol. The van der Waals surface area contributed by atoms with Crippen LogP contribution in [0.5, 0.6) is 0 Å². The molecule has 0 amide bonds. The van der Waals surface area contributed by atoms with E-state index < -0.39 is 0 Å². The number of benzene rings is 1. The van der Waals surface area contributed by atoms with Gasteiger partial charge in [-0.25, -0.2) is 4.98 Å². The van der Waals surface area contributed by atoms with Crippen LogP contribution in [-0.4, -0.2) is 19.7 Å². The zero-order valence-corrected chi connectivity index (χ0v) is 15.8. The monoisotopic (exact) mass is 398 g/mol. The third kappa shape index (κ3) is 3.84. The lowest BCUT2D eigenvalue weighted by atomic mass is 10.2. The number of hydrogen-bond acceptors (Lipinski definition) is 6. The van der Waals surface area contributed by atoms with Gasteiger partial charge in [0.2, 0.25) is 11.7 Å². The summed E-state index contributed by atoms with van der Waals surface area (Å²) in [7, 11) is 0. The van der Waals surface area contributed by atoms with E-state index in [9.17, 15) is 0 Å². The van der Waals surface area contributed by atoms with Crippen molar-refractivity contribution < 1.29 is 8.83 Å². The van der Waals surface area contributed by atoms with Crippen molar-refractivity contribution in [3.05, 3.63) is 72.4 Å². The van der Waals surface area contributed by atoms with E-state index in [-0.39, 0.29) is 0 Å². The number of oxazole rings is 1. The second-order valence-corrected chi connectivity index (χ2v) is 6.98. The van der Waals surface area contributed by atoms with Gasteiger partial charge in [0.05, 0.1) is 18.2 Å². The quantitative estimate of drug-likeness (QED) is 0.310. The number of furan rings is 1. The number of allylic oxidation sites excluding steroid dienone is 1. The van der Waals surface area contributed by atoms with E-state index in [2.05, 4.69) is 21.8 Å². The number of rotatable bonds is 7. The number of halogens is 1. The maximum absolute atomic E-state index is 6.03. The normalized spacial score (nSPS) is 11.0. The third-order valence-corrected chi connectivity index (χ3v) is 4.94.